The zero-order chi connectivity index (χ0) is 18.0. The summed E-state index contributed by atoms with van der Waals surface area (Å²) in [5, 5.41) is 10.7. The highest BCUT2D eigenvalue weighted by atomic mass is 16.5. The summed E-state index contributed by atoms with van der Waals surface area (Å²) in [7, 11) is 0. The van der Waals surface area contributed by atoms with Crippen LogP contribution in [0.4, 0.5) is 0 Å². The molecule has 0 aliphatic rings. The van der Waals surface area contributed by atoms with Crippen LogP contribution < -0.4 is 0 Å². The van der Waals surface area contributed by atoms with E-state index in [0.29, 0.717) is 24.4 Å². The first-order valence-corrected chi connectivity index (χ1v) is 8.03. The summed E-state index contributed by atoms with van der Waals surface area (Å²) in [6.07, 6.45) is 0.617. The predicted octanol–water partition coefficient (Wildman–Crippen LogP) is 4.65. The van der Waals surface area contributed by atoms with E-state index in [1.807, 2.05) is 12.1 Å². The lowest BCUT2D eigenvalue weighted by atomic mass is 9.78. The summed E-state index contributed by atoms with van der Waals surface area (Å²) in [6.45, 7) is 18.0. The van der Waals surface area contributed by atoms with Gasteiger partial charge in [0.25, 0.3) is 0 Å². The van der Waals surface area contributed by atoms with Gasteiger partial charge in [-0.2, -0.15) is 0 Å². The molecule has 128 valence electrons. The minimum atomic E-state index is -0.365. The van der Waals surface area contributed by atoms with Gasteiger partial charge >= 0.3 is 5.97 Å². The smallest absolute Gasteiger partial charge is 0.333 e. The minimum absolute atomic E-state index is 0.158. The summed E-state index contributed by atoms with van der Waals surface area (Å²) in [5.41, 5.74) is 2.99. The predicted molar refractivity (Wildman–Crippen MR) is 95.0 cm³/mol. The van der Waals surface area contributed by atoms with E-state index in [2.05, 4.69) is 48.1 Å². The van der Waals surface area contributed by atoms with E-state index in [1.54, 1.807) is 6.92 Å². The molecule has 0 saturated carbocycles. The maximum absolute atomic E-state index is 11.5. The summed E-state index contributed by atoms with van der Waals surface area (Å²) in [5.74, 6) is 0.00329. The Morgan fingerprint density at radius 1 is 1.09 bits per heavy atom. The van der Waals surface area contributed by atoms with Gasteiger partial charge in [-0.15, -0.1) is 0 Å². The van der Waals surface area contributed by atoms with Crippen molar-refractivity contribution >= 4 is 5.97 Å². The summed E-state index contributed by atoms with van der Waals surface area (Å²) < 4.78 is 5.19. The third-order valence-corrected chi connectivity index (χ3v) is 3.76. The lowest BCUT2D eigenvalue weighted by molar-refractivity contribution is -0.138. The molecule has 1 rings (SSSR count). The standard InChI is InChI=1S/C20H30O3/c1-13(2)18(22)23-10-9-14-11-15(19(3,4)5)17(21)16(12-14)20(6,7)8/h11-12,21H,1,9-10H2,2-8H3. The van der Waals surface area contributed by atoms with E-state index < -0.39 is 0 Å². The zero-order valence-corrected chi connectivity index (χ0v) is 15.5. The van der Waals surface area contributed by atoms with Gasteiger partial charge in [0.1, 0.15) is 5.75 Å². The number of rotatable bonds is 4. The van der Waals surface area contributed by atoms with Gasteiger partial charge in [0, 0.05) is 12.0 Å². The van der Waals surface area contributed by atoms with Crippen molar-refractivity contribution in [2.45, 2.75) is 65.7 Å². The fraction of sp³-hybridized carbons (Fsp3) is 0.550. The van der Waals surface area contributed by atoms with Gasteiger partial charge in [-0.3, -0.25) is 0 Å². The van der Waals surface area contributed by atoms with Gasteiger partial charge in [0.2, 0.25) is 0 Å². The minimum Gasteiger partial charge on any atom is -0.507 e. The number of hydrogen-bond donors (Lipinski definition) is 1. The van der Waals surface area contributed by atoms with Gasteiger partial charge in [-0.05, 0) is 34.4 Å². The van der Waals surface area contributed by atoms with Crippen molar-refractivity contribution in [3.8, 4) is 5.75 Å². The fourth-order valence-corrected chi connectivity index (χ4v) is 2.37. The number of esters is 1. The first-order chi connectivity index (χ1) is 10.3. The van der Waals surface area contributed by atoms with Gasteiger partial charge in [-0.1, -0.05) is 60.3 Å². The Balaban J connectivity index is 3.14. The van der Waals surface area contributed by atoms with Crippen LogP contribution in [0.3, 0.4) is 0 Å². The summed E-state index contributed by atoms with van der Waals surface area (Å²) in [6, 6.07) is 4.03. The number of hydrogen-bond acceptors (Lipinski definition) is 3. The van der Waals surface area contributed by atoms with Crippen LogP contribution >= 0.6 is 0 Å². The normalized spacial score (nSPS) is 12.1. The molecule has 1 N–H and O–H groups in total. The monoisotopic (exact) mass is 318 g/mol. The molecule has 0 bridgehead atoms. The molecule has 0 amide bonds. The Kier molecular flexibility index (Phi) is 5.68. The Hall–Kier alpha value is -1.77. The molecular weight excluding hydrogens is 288 g/mol. The number of phenolic OH excluding ortho intramolecular Hbond substituents is 1. The molecule has 0 fully saturated rings. The van der Waals surface area contributed by atoms with Crippen LogP contribution in [0.2, 0.25) is 0 Å². The quantitative estimate of drug-likeness (QED) is 0.649. The van der Waals surface area contributed by atoms with Crippen molar-refractivity contribution in [3.63, 3.8) is 0 Å². The second-order valence-electron chi connectivity index (χ2n) is 8.21. The molecule has 0 atom stereocenters. The fourth-order valence-electron chi connectivity index (χ4n) is 2.37. The lowest BCUT2D eigenvalue weighted by Crippen LogP contribution is -2.18. The van der Waals surface area contributed by atoms with Crippen LogP contribution in [0.25, 0.3) is 0 Å². The molecule has 3 nitrogen and oxygen atoms in total. The van der Waals surface area contributed by atoms with E-state index in [9.17, 15) is 9.90 Å². The molecule has 23 heavy (non-hydrogen) atoms. The maximum atomic E-state index is 11.5. The summed E-state index contributed by atoms with van der Waals surface area (Å²) in [4.78, 5) is 11.5. The van der Waals surface area contributed by atoms with E-state index in [0.717, 1.165) is 16.7 Å². The third-order valence-electron chi connectivity index (χ3n) is 3.76. The molecule has 3 heteroatoms. The highest BCUT2D eigenvalue weighted by molar-refractivity contribution is 5.86. The molecule has 0 aliphatic carbocycles. The molecular formula is C20H30O3. The van der Waals surface area contributed by atoms with E-state index in [4.69, 9.17) is 4.74 Å². The molecule has 1 aromatic rings. The van der Waals surface area contributed by atoms with Crippen molar-refractivity contribution < 1.29 is 14.6 Å². The Labute approximate surface area is 140 Å². The molecule has 1 aromatic carbocycles. The van der Waals surface area contributed by atoms with Crippen molar-refractivity contribution in [1.29, 1.82) is 0 Å². The van der Waals surface area contributed by atoms with E-state index in [1.165, 1.54) is 0 Å². The SMILES string of the molecule is C=C(C)C(=O)OCCc1cc(C(C)(C)C)c(O)c(C(C)(C)C)c1. The number of carbonyl (C=O) groups excluding carboxylic acids is 1. The van der Waals surface area contributed by atoms with Gasteiger partial charge in [0.15, 0.2) is 0 Å². The van der Waals surface area contributed by atoms with Crippen LogP contribution in [0.15, 0.2) is 24.3 Å². The average Bonchev–Trinajstić information content (AvgIpc) is 2.37. The van der Waals surface area contributed by atoms with Crippen LogP contribution in [0, 0.1) is 0 Å². The molecule has 0 unspecified atom stereocenters. The molecule has 0 radical (unpaired) electrons. The van der Waals surface area contributed by atoms with E-state index >= 15 is 0 Å². The Bertz CT molecular complexity index is 563. The van der Waals surface area contributed by atoms with Crippen molar-refractivity contribution in [2.75, 3.05) is 6.61 Å². The first-order valence-electron chi connectivity index (χ1n) is 8.03. The second-order valence-corrected chi connectivity index (χ2v) is 8.21. The van der Waals surface area contributed by atoms with Crippen molar-refractivity contribution in [1.82, 2.24) is 0 Å². The first kappa shape index (κ1) is 19.3. The molecule has 0 heterocycles. The van der Waals surface area contributed by atoms with E-state index in [-0.39, 0.29) is 16.8 Å². The largest absolute Gasteiger partial charge is 0.507 e. The van der Waals surface area contributed by atoms with Crippen LogP contribution in [0.5, 0.6) is 5.75 Å². The Morgan fingerprint density at radius 2 is 1.52 bits per heavy atom. The third kappa shape index (κ3) is 5.12. The lowest BCUT2D eigenvalue weighted by Gasteiger charge is -2.28. The van der Waals surface area contributed by atoms with Crippen molar-refractivity contribution in [2.24, 2.45) is 0 Å². The number of aromatic hydroxyl groups is 1. The second kappa shape index (κ2) is 6.77. The molecule has 0 saturated heterocycles. The zero-order valence-electron chi connectivity index (χ0n) is 15.5. The van der Waals surface area contributed by atoms with Crippen LogP contribution in [-0.4, -0.2) is 17.7 Å². The summed E-state index contributed by atoms with van der Waals surface area (Å²) >= 11 is 0. The average molecular weight is 318 g/mol. The maximum Gasteiger partial charge on any atom is 0.333 e. The number of ether oxygens (including phenoxy) is 1. The highest BCUT2D eigenvalue weighted by Gasteiger charge is 2.26. The number of carbonyl (C=O) groups is 1. The molecule has 0 aromatic heterocycles. The van der Waals surface area contributed by atoms with Gasteiger partial charge in [0.05, 0.1) is 6.61 Å². The topological polar surface area (TPSA) is 46.5 Å². The Morgan fingerprint density at radius 3 is 1.87 bits per heavy atom. The van der Waals surface area contributed by atoms with Crippen LogP contribution in [-0.2, 0) is 26.8 Å². The van der Waals surface area contributed by atoms with Crippen LogP contribution in [0.1, 0.15) is 65.2 Å². The molecule has 0 spiro atoms. The highest BCUT2D eigenvalue weighted by Crippen LogP contribution is 2.39. The van der Waals surface area contributed by atoms with Gasteiger partial charge in [-0.25, -0.2) is 4.79 Å². The van der Waals surface area contributed by atoms with Gasteiger partial charge < -0.3 is 9.84 Å². The van der Waals surface area contributed by atoms with Crippen molar-refractivity contribution in [3.05, 3.63) is 41.0 Å². The number of benzene rings is 1. The number of phenols is 1. The molecule has 0 aliphatic heterocycles.